The Labute approximate surface area is 71.4 Å². The standard InChI is InChI=1S/C9H7BNO/c10-8-3-4-9-7(6-8)2-1-5-11(9)12/h1-6,12H/q+1. The molecule has 0 aliphatic carbocycles. The summed E-state index contributed by atoms with van der Waals surface area (Å²) in [6.45, 7) is 0. The molecule has 2 rings (SSSR count). The van der Waals surface area contributed by atoms with E-state index in [0.717, 1.165) is 15.6 Å². The zero-order chi connectivity index (χ0) is 8.55. The van der Waals surface area contributed by atoms with Gasteiger partial charge in [-0.15, -0.1) is 0 Å². The van der Waals surface area contributed by atoms with Crippen LogP contribution in [0.3, 0.4) is 0 Å². The van der Waals surface area contributed by atoms with Crippen molar-refractivity contribution in [3.63, 3.8) is 0 Å². The van der Waals surface area contributed by atoms with Crippen molar-refractivity contribution in [2.75, 3.05) is 0 Å². The highest BCUT2D eigenvalue weighted by atomic mass is 16.5. The van der Waals surface area contributed by atoms with Gasteiger partial charge >= 0.3 is 0 Å². The van der Waals surface area contributed by atoms with E-state index in [-0.39, 0.29) is 0 Å². The van der Waals surface area contributed by atoms with Gasteiger partial charge in [-0.1, -0.05) is 17.6 Å². The Bertz CT molecular complexity index is 428. The van der Waals surface area contributed by atoms with Crippen LogP contribution in [0.15, 0.2) is 36.5 Å². The Kier molecular flexibility index (Phi) is 1.50. The summed E-state index contributed by atoms with van der Waals surface area (Å²) < 4.78 is 1.08. The number of hydrogen-bond donors (Lipinski definition) is 1. The fourth-order valence-electron chi connectivity index (χ4n) is 1.22. The topological polar surface area (TPSA) is 24.1 Å². The van der Waals surface area contributed by atoms with E-state index in [2.05, 4.69) is 0 Å². The van der Waals surface area contributed by atoms with Crippen molar-refractivity contribution in [3.05, 3.63) is 36.5 Å². The zero-order valence-electron chi connectivity index (χ0n) is 6.44. The van der Waals surface area contributed by atoms with Crippen LogP contribution in [0.4, 0.5) is 0 Å². The number of benzene rings is 1. The van der Waals surface area contributed by atoms with Crippen LogP contribution in [-0.4, -0.2) is 13.1 Å². The number of aromatic nitrogens is 1. The molecular formula is C9H7BNO+. The van der Waals surface area contributed by atoms with Crippen LogP contribution >= 0.6 is 0 Å². The third-order valence-corrected chi connectivity index (χ3v) is 1.80. The molecule has 0 aliphatic heterocycles. The lowest BCUT2D eigenvalue weighted by molar-refractivity contribution is -0.884. The molecule has 2 radical (unpaired) electrons. The highest BCUT2D eigenvalue weighted by Gasteiger charge is 2.04. The molecule has 0 atom stereocenters. The van der Waals surface area contributed by atoms with Crippen molar-refractivity contribution >= 4 is 24.2 Å². The van der Waals surface area contributed by atoms with Gasteiger partial charge in [0.1, 0.15) is 7.85 Å². The van der Waals surface area contributed by atoms with Crippen LogP contribution < -0.4 is 10.2 Å². The summed E-state index contributed by atoms with van der Waals surface area (Å²) >= 11 is 0. The normalized spacial score (nSPS) is 10.3. The summed E-state index contributed by atoms with van der Waals surface area (Å²) in [6, 6.07) is 9.03. The molecule has 0 spiro atoms. The van der Waals surface area contributed by atoms with Crippen molar-refractivity contribution in [3.8, 4) is 0 Å². The second kappa shape index (κ2) is 2.52. The van der Waals surface area contributed by atoms with Gasteiger partial charge in [0.05, 0.1) is 5.39 Å². The molecule has 2 nitrogen and oxygen atoms in total. The first kappa shape index (κ1) is 7.16. The molecule has 1 heterocycles. The third-order valence-electron chi connectivity index (χ3n) is 1.80. The number of fused-ring (bicyclic) bond motifs is 1. The molecule has 1 aromatic carbocycles. The average Bonchev–Trinajstić information content (AvgIpc) is 2.04. The van der Waals surface area contributed by atoms with Crippen LogP contribution in [0, 0.1) is 0 Å². The van der Waals surface area contributed by atoms with E-state index in [4.69, 9.17) is 7.85 Å². The minimum atomic E-state index is 0.703. The molecular weight excluding hydrogens is 149 g/mol. The lowest BCUT2D eigenvalue weighted by Crippen LogP contribution is -2.30. The first-order chi connectivity index (χ1) is 5.77. The maximum absolute atomic E-state index is 9.34. The first-order valence-corrected chi connectivity index (χ1v) is 3.66. The Balaban J connectivity index is 2.86. The van der Waals surface area contributed by atoms with Gasteiger partial charge in [-0.2, -0.15) is 0 Å². The molecule has 0 fully saturated rings. The van der Waals surface area contributed by atoms with Crippen LogP contribution in [0.5, 0.6) is 0 Å². The smallest absolute Gasteiger partial charge is 0.264 e. The van der Waals surface area contributed by atoms with Gasteiger partial charge in [-0.3, -0.25) is 5.21 Å². The molecule has 3 heteroatoms. The molecule has 1 N–H and O–H groups in total. The van der Waals surface area contributed by atoms with Crippen molar-refractivity contribution in [1.29, 1.82) is 0 Å². The lowest BCUT2D eigenvalue weighted by atomic mass is 9.95. The quantitative estimate of drug-likeness (QED) is 0.328. The Morgan fingerprint density at radius 1 is 1.25 bits per heavy atom. The largest absolute Gasteiger partial charge is 0.285 e. The van der Waals surface area contributed by atoms with Gasteiger partial charge in [-0.05, 0) is 6.07 Å². The second-order valence-corrected chi connectivity index (χ2v) is 2.67. The number of nitrogens with zero attached hydrogens (tertiary/aromatic N) is 1. The maximum atomic E-state index is 9.34. The second-order valence-electron chi connectivity index (χ2n) is 2.67. The van der Waals surface area contributed by atoms with Crippen LogP contribution in [0.1, 0.15) is 0 Å². The Morgan fingerprint density at radius 2 is 2.08 bits per heavy atom. The highest BCUT2D eigenvalue weighted by molar-refractivity contribution is 6.33. The van der Waals surface area contributed by atoms with E-state index in [1.54, 1.807) is 24.4 Å². The SMILES string of the molecule is [B]c1ccc2c(ccc[n+]2O)c1. The minimum Gasteiger partial charge on any atom is -0.285 e. The molecule has 2 aromatic rings. The van der Waals surface area contributed by atoms with Crippen LogP contribution in [0.2, 0.25) is 0 Å². The highest BCUT2D eigenvalue weighted by Crippen LogP contribution is 2.04. The van der Waals surface area contributed by atoms with Crippen LogP contribution in [-0.2, 0) is 0 Å². The fraction of sp³-hybridized carbons (Fsp3) is 0. The molecule has 1 aromatic heterocycles. The monoisotopic (exact) mass is 156 g/mol. The summed E-state index contributed by atoms with van der Waals surface area (Å²) in [4.78, 5) is 0. The van der Waals surface area contributed by atoms with E-state index < -0.39 is 0 Å². The van der Waals surface area contributed by atoms with Gasteiger partial charge in [0.2, 0.25) is 6.20 Å². The van der Waals surface area contributed by atoms with Crippen molar-refractivity contribution in [1.82, 2.24) is 0 Å². The third kappa shape index (κ3) is 1.03. The minimum absolute atomic E-state index is 0.703. The van der Waals surface area contributed by atoms with E-state index in [1.165, 1.54) is 0 Å². The summed E-state index contributed by atoms with van der Waals surface area (Å²) in [5, 5.41) is 10.3. The number of hydrogen-bond acceptors (Lipinski definition) is 1. The molecule has 0 saturated carbocycles. The summed E-state index contributed by atoms with van der Waals surface area (Å²) in [5.74, 6) is 0. The van der Waals surface area contributed by atoms with Crippen molar-refractivity contribution in [2.24, 2.45) is 0 Å². The zero-order valence-corrected chi connectivity index (χ0v) is 6.44. The Morgan fingerprint density at radius 3 is 2.92 bits per heavy atom. The molecule has 0 saturated heterocycles. The van der Waals surface area contributed by atoms with Gasteiger partial charge in [0.15, 0.2) is 0 Å². The van der Waals surface area contributed by atoms with Crippen molar-refractivity contribution < 1.29 is 9.94 Å². The number of pyridine rings is 1. The predicted octanol–water partition coefficient (Wildman–Crippen LogP) is 0.158. The van der Waals surface area contributed by atoms with Gasteiger partial charge < -0.3 is 0 Å². The average molecular weight is 156 g/mol. The summed E-state index contributed by atoms with van der Waals surface area (Å²) in [5.41, 5.74) is 1.46. The fourth-order valence-corrected chi connectivity index (χ4v) is 1.22. The van der Waals surface area contributed by atoms with Gasteiger partial charge in [0, 0.05) is 16.9 Å². The summed E-state index contributed by atoms with van der Waals surface area (Å²) in [6.07, 6.45) is 1.58. The molecule has 0 amide bonds. The van der Waals surface area contributed by atoms with E-state index in [9.17, 15) is 5.21 Å². The number of rotatable bonds is 0. The molecule has 0 bridgehead atoms. The molecule has 0 aliphatic rings. The van der Waals surface area contributed by atoms with Gasteiger partial charge in [0.25, 0.3) is 5.52 Å². The predicted molar refractivity (Wildman–Crippen MR) is 46.7 cm³/mol. The summed E-state index contributed by atoms with van der Waals surface area (Å²) in [7, 11) is 5.58. The van der Waals surface area contributed by atoms with Crippen molar-refractivity contribution in [2.45, 2.75) is 0 Å². The van der Waals surface area contributed by atoms with E-state index in [0.29, 0.717) is 5.46 Å². The lowest BCUT2D eigenvalue weighted by Gasteiger charge is -1.94. The molecule has 0 unspecified atom stereocenters. The molecule has 56 valence electrons. The van der Waals surface area contributed by atoms with E-state index >= 15 is 0 Å². The maximum Gasteiger partial charge on any atom is 0.264 e. The van der Waals surface area contributed by atoms with Gasteiger partial charge in [-0.25, -0.2) is 0 Å². The molecule has 12 heavy (non-hydrogen) atoms. The van der Waals surface area contributed by atoms with E-state index in [1.807, 2.05) is 12.1 Å². The first-order valence-electron chi connectivity index (χ1n) is 3.66. The van der Waals surface area contributed by atoms with Crippen LogP contribution in [0.25, 0.3) is 10.9 Å². The Hall–Kier alpha value is -1.51.